The summed E-state index contributed by atoms with van der Waals surface area (Å²) in [7, 11) is -2.83. The van der Waals surface area contributed by atoms with Crippen LogP contribution in [0.3, 0.4) is 0 Å². The maximum Gasteiger partial charge on any atom is 0.151 e. The van der Waals surface area contributed by atoms with Crippen LogP contribution in [0.15, 0.2) is 0 Å². The van der Waals surface area contributed by atoms with E-state index in [4.69, 9.17) is 0 Å². The van der Waals surface area contributed by atoms with Crippen LogP contribution in [0.2, 0.25) is 0 Å². The van der Waals surface area contributed by atoms with Gasteiger partial charge in [-0.15, -0.1) is 0 Å². The first-order chi connectivity index (χ1) is 9.47. The van der Waals surface area contributed by atoms with Gasteiger partial charge in [0, 0.05) is 6.54 Å². The molecule has 20 heavy (non-hydrogen) atoms. The van der Waals surface area contributed by atoms with Gasteiger partial charge < -0.3 is 4.90 Å². The zero-order valence-electron chi connectivity index (χ0n) is 12.7. The normalized spacial score (nSPS) is 22.6. The Morgan fingerprint density at radius 2 is 2.05 bits per heavy atom. The van der Waals surface area contributed by atoms with Crippen molar-refractivity contribution in [2.75, 3.05) is 37.7 Å². The standard InChI is InChI=1S/C14H27N3O2S/c1-3-14(13-15,16-4-2)7-5-8-17-9-6-11-20(18,19)12-10-17/h16H,3-12H2,1-2H3. The van der Waals surface area contributed by atoms with Crippen molar-refractivity contribution in [3.8, 4) is 6.07 Å². The molecular weight excluding hydrogens is 274 g/mol. The van der Waals surface area contributed by atoms with Crippen LogP contribution in [-0.2, 0) is 9.84 Å². The molecule has 1 fully saturated rings. The van der Waals surface area contributed by atoms with Gasteiger partial charge in [0.25, 0.3) is 0 Å². The smallest absolute Gasteiger partial charge is 0.151 e. The fourth-order valence-corrected chi connectivity index (χ4v) is 4.03. The molecule has 0 aromatic heterocycles. The van der Waals surface area contributed by atoms with Gasteiger partial charge in [0.1, 0.15) is 5.54 Å². The zero-order chi connectivity index (χ0) is 15.1. The van der Waals surface area contributed by atoms with Crippen LogP contribution < -0.4 is 5.32 Å². The summed E-state index contributed by atoms with van der Waals surface area (Å²) in [5.74, 6) is 0.593. The lowest BCUT2D eigenvalue weighted by molar-refractivity contribution is 0.269. The van der Waals surface area contributed by atoms with E-state index in [9.17, 15) is 13.7 Å². The minimum absolute atomic E-state index is 0.275. The summed E-state index contributed by atoms with van der Waals surface area (Å²) in [6, 6.07) is 2.40. The van der Waals surface area contributed by atoms with E-state index in [0.29, 0.717) is 12.3 Å². The zero-order valence-corrected chi connectivity index (χ0v) is 13.5. The van der Waals surface area contributed by atoms with Crippen LogP contribution in [-0.4, -0.2) is 56.5 Å². The van der Waals surface area contributed by atoms with Gasteiger partial charge in [-0.3, -0.25) is 5.32 Å². The lowest BCUT2D eigenvalue weighted by Crippen LogP contribution is -2.44. The van der Waals surface area contributed by atoms with E-state index in [1.165, 1.54) is 0 Å². The second-order valence-corrected chi connectivity index (χ2v) is 7.83. The molecule has 0 saturated carbocycles. The Kier molecular flexibility index (Phi) is 6.93. The Morgan fingerprint density at radius 3 is 2.65 bits per heavy atom. The van der Waals surface area contributed by atoms with E-state index in [0.717, 1.165) is 45.3 Å². The molecule has 1 N–H and O–H groups in total. The first-order valence-corrected chi connectivity index (χ1v) is 9.38. The molecular formula is C14H27N3O2S. The maximum atomic E-state index is 11.5. The number of hydrogen-bond donors (Lipinski definition) is 1. The molecule has 1 unspecified atom stereocenters. The molecule has 6 heteroatoms. The lowest BCUT2D eigenvalue weighted by atomic mass is 9.92. The van der Waals surface area contributed by atoms with Crippen LogP contribution in [0.4, 0.5) is 0 Å². The molecule has 0 aromatic carbocycles. The maximum absolute atomic E-state index is 11.5. The third-order valence-corrected chi connectivity index (χ3v) is 5.77. The first-order valence-electron chi connectivity index (χ1n) is 7.56. The van der Waals surface area contributed by atoms with E-state index >= 15 is 0 Å². The van der Waals surface area contributed by atoms with Crippen LogP contribution in [0.25, 0.3) is 0 Å². The van der Waals surface area contributed by atoms with Crippen molar-refractivity contribution in [2.24, 2.45) is 0 Å². The van der Waals surface area contributed by atoms with E-state index in [2.05, 4.69) is 16.3 Å². The van der Waals surface area contributed by atoms with Crippen molar-refractivity contribution in [2.45, 2.75) is 45.1 Å². The SMILES string of the molecule is CCNC(C#N)(CC)CCCN1CCCS(=O)(=O)CC1. The first kappa shape index (κ1) is 17.4. The van der Waals surface area contributed by atoms with Crippen molar-refractivity contribution in [3.05, 3.63) is 0 Å². The highest BCUT2D eigenvalue weighted by atomic mass is 32.2. The molecule has 0 spiro atoms. The van der Waals surface area contributed by atoms with Gasteiger partial charge in [-0.25, -0.2) is 8.42 Å². The molecule has 0 amide bonds. The fourth-order valence-electron chi connectivity index (χ4n) is 2.72. The fraction of sp³-hybridized carbons (Fsp3) is 0.929. The molecule has 5 nitrogen and oxygen atoms in total. The van der Waals surface area contributed by atoms with E-state index in [1.807, 2.05) is 13.8 Å². The van der Waals surface area contributed by atoms with Crippen molar-refractivity contribution < 1.29 is 8.42 Å². The predicted octanol–water partition coefficient (Wildman–Crippen LogP) is 1.17. The topological polar surface area (TPSA) is 73.2 Å². The van der Waals surface area contributed by atoms with Gasteiger partial charge in [-0.2, -0.15) is 5.26 Å². The molecule has 1 heterocycles. The molecule has 0 bridgehead atoms. The largest absolute Gasteiger partial charge is 0.302 e. The molecule has 116 valence electrons. The van der Waals surface area contributed by atoms with Crippen LogP contribution >= 0.6 is 0 Å². The molecule has 1 aliphatic rings. The van der Waals surface area contributed by atoms with E-state index < -0.39 is 15.4 Å². The second kappa shape index (κ2) is 7.96. The summed E-state index contributed by atoms with van der Waals surface area (Å²) in [4.78, 5) is 2.22. The monoisotopic (exact) mass is 301 g/mol. The highest BCUT2D eigenvalue weighted by molar-refractivity contribution is 7.91. The molecule has 1 aliphatic heterocycles. The number of sulfone groups is 1. The van der Waals surface area contributed by atoms with Crippen molar-refractivity contribution in [1.82, 2.24) is 10.2 Å². The number of nitriles is 1. The summed E-state index contributed by atoms with van der Waals surface area (Å²) in [5.41, 5.74) is -0.424. The third kappa shape index (κ3) is 5.39. The molecule has 0 aliphatic carbocycles. The molecule has 1 atom stereocenters. The van der Waals surface area contributed by atoms with Gasteiger partial charge >= 0.3 is 0 Å². The number of nitrogens with zero attached hydrogens (tertiary/aromatic N) is 2. The average Bonchev–Trinajstić information content (AvgIpc) is 2.59. The number of hydrogen-bond acceptors (Lipinski definition) is 5. The Labute approximate surface area is 123 Å². The summed E-state index contributed by atoms with van der Waals surface area (Å²) in [6.45, 7) is 7.21. The predicted molar refractivity (Wildman–Crippen MR) is 81.3 cm³/mol. The Balaban J connectivity index is 2.41. The molecule has 0 aromatic rings. The lowest BCUT2D eigenvalue weighted by Gasteiger charge is -2.27. The molecule has 0 radical (unpaired) electrons. The summed E-state index contributed by atoms with van der Waals surface area (Å²) in [5, 5.41) is 12.6. The van der Waals surface area contributed by atoms with Crippen LogP contribution in [0, 0.1) is 11.3 Å². The van der Waals surface area contributed by atoms with Crippen molar-refractivity contribution in [1.29, 1.82) is 5.26 Å². The highest BCUT2D eigenvalue weighted by Crippen LogP contribution is 2.17. The second-order valence-electron chi connectivity index (χ2n) is 5.53. The quantitative estimate of drug-likeness (QED) is 0.764. The summed E-state index contributed by atoms with van der Waals surface area (Å²) in [6.07, 6.45) is 3.27. The minimum atomic E-state index is -2.83. The van der Waals surface area contributed by atoms with Gasteiger partial charge in [-0.05, 0) is 45.3 Å². The number of rotatable bonds is 7. The Hall–Kier alpha value is -0.640. The van der Waals surface area contributed by atoms with Crippen molar-refractivity contribution in [3.63, 3.8) is 0 Å². The van der Waals surface area contributed by atoms with Gasteiger partial charge in [0.15, 0.2) is 9.84 Å². The van der Waals surface area contributed by atoms with Crippen LogP contribution in [0.1, 0.15) is 39.5 Å². The Morgan fingerprint density at radius 1 is 1.30 bits per heavy atom. The van der Waals surface area contributed by atoms with Crippen molar-refractivity contribution >= 4 is 9.84 Å². The average molecular weight is 301 g/mol. The van der Waals surface area contributed by atoms with E-state index in [1.54, 1.807) is 0 Å². The minimum Gasteiger partial charge on any atom is -0.302 e. The highest BCUT2D eigenvalue weighted by Gasteiger charge is 2.26. The Bertz CT molecular complexity index is 430. The van der Waals surface area contributed by atoms with Gasteiger partial charge in [0.2, 0.25) is 0 Å². The summed E-state index contributed by atoms with van der Waals surface area (Å²) >= 11 is 0. The summed E-state index contributed by atoms with van der Waals surface area (Å²) < 4.78 is 23.1. The molecule has 1 rings (SSSR count). The van der Waals surface area contributed by atoms with Crippen LogP contribution in [0.5, 0.6) is 0 Å². The number of nitrogens with one attached hydrogen (secondary N) is 1. The van der Waals surface area contributed by atoms with E-state index in [-0.39, 0.29) is 5.75 Å². The van der Waals surface area contributed by atoms with Gasteiger partial charge in [0.05, 0.1) is 17.6 Å². The van der Waals surface area contributed by atoms with Gasteiger partial charge in [-0.1, -0.05) is 13.8 Å². The molecule has 1 saturated heterocycles. The third-order valence-electron chi connectivity index (χ3n) is 4.06.